The Morgan fingerprint density at radius 2 is 2.00 bits per heavy atom. The van der Waals surface area contributed by atoms with Crippen molar-refractivity contribution in [3.05, 3.63) is 23.8 Å². The van der Waals surface area contributed by atoms with Gasteiger partial charge >= 0.3 is 6.03 Å². The Hall–Kier alpha value is -2.24. The molecule has 0 bridgehead atoms. The van der Waals surface area contributed by atoms with E-state index >= 15 is 0 Å². The minimum atomic E-state index is -0.244. The number of methoxy groups -OCH3 is 1. The molecule has 0 aromatic heterocycles. The van der Waals surface area contributed by atoms with Crippen LogP contribution in [0.25, 0.3) is 0 Å². The van der Waals surface area contributed by atoms with E-state index < -0.39 is 0 Å². The number of hydrogen-bond donors (Lipinski definition) is 3. The van der Waals surface area contributed by atoms with Crippen molar-refractivity contribution in [2.45, 2.75) is 33.4 Å². The Morgan fingerprint density at radius 1 is 1.30 bits per heavy atom. The maximum absolute atomic E-state index is 11.6. The number of rotatable bonds is 5. The van der Waals surface area contributed by atoms with Crippen molar-refractivity contribution >= 4 is 17.6 Å². The molecule has 0 radical (unpaired) electrons. The topological polar surface area (TPSA) is 79.5 Å². The molecule has 0 saturated heterocycles. The summed E-state index contributed by atoms with van der Waals surface area (Å²) in [5, 5.41) is 8.17. The van der Waals surface area contributed by atoms with Crippen LogP contribution in [0.15, 0.2) is 18.2 Å². The Kier molecular flexibility index (Phi) is 5.83. The maximum Gasteiger partial charge on any atom is 0.315 e. The molecule has 0 aliphatic carbocycles. The smallest absolute Gasteiger partial charge is 0.315 e. The molecular formula is C14H21N3O3. The Labute approximate surface area is 118 Å². The first-order valence-electron chi connectivity index (χ1n) is 6.41. The number of carbonyl (C=O) groups excluding carboxylic acids is 2. The second-order valence-corrected chi connectivity index (χ2v) is 4.69. The van der Waals surface area contributed by atoms with E-state index in [0.717, 1.165) is 5.56 Å². The molecule has 1 aromatic carbocycles. The molecule has 0 unspecified atom stereocenters. The molecule has 1 rings (SSSR count). The van der Waals surface area contributed by atoms with Crippen LogP contribution in [-0.2, 0) is 11.3 Å². The second-order valence-electron chi connectivity index (χ2n) is 4.69. The molecule has 110 valence electrons. The molecule has 6 nitrogen and oxygen atoms in total. The lowest BCUT2D eigenvalue weighted by atomic mass is 10.1. The average Bonchev–Trinajstić information content (AvgIpc) is 2.35. The molecular weight excluding hydrogens is 258 g/mol. The second kappa shape index (κ2) is 7.37. The highest BCUT2D eigenvalue weighted by Crippen LogP contribution is 2.22. The number of anilines is 1. The van der Waals surface area contributed by atoms with E-state index in [4.69, 9.17) is 4.74 Å². The summed E-state index contributed by atoms with van der Waals surface area (Å²) < 4.78 is 5.23. The number of ether oxygens (including phenoxy) is 1. The van der Waals surface area contributed by atoms with Gasteiger partial charge in [-0.15, -0.1) is 0 Å². The molecule has 0 aliphatic heterocycles. The van der Waals surface area contributed by atoms with Crippen molar-refractivity contribution < 1.29 is 14.3 Å². The summed E-state index contributed by atoms with van der Waals surface area (Å²) in [5.74, 6) is 0.510. The Morgan fingerprint density at radius 3 is 2.55 bits per heavy atom. The highest BCUT2D eigenvalue weighted by molar-refractivity contribution is 5.88. The molecule has 1 aromatic rings. The van der Waals surface area contributed by atoms with Crippen molar-refractivity contribution in [3.8, 4) is 5.75 Å². The quantitative estimate of drug-likeness (QED) is 0.769. The zero-order valence-electron chi connectivity index (χ0n) is 12.2. The fourth-order valence-electron chi connectivity index (χ4n) is 1.69. The van der Waals surface area contributed by atoms with Crippen LogP contribution in [0.2, 0.25) is 0 Å². The van der Waals surface area contributed by atoms with Gasteiger partial charge in [0.1, 0.15) is 5.75 Å². The SMILES string of the molecule is COc1ccc(NC(C)=O)cc1CNC(=O)NC(C)C. The van der Waals surface area contributed by atoms with Crippen LogP contribution in [0.4, 0.5) is 10.5 Å². The van der Waals surface area contributed by atoms with Crippen LogP contribution in [0, 0.1) is 0 Å². The van der Waals surface area contributed by atoms with Crippen LogP contribution in [0.5, 0.6) is 5.75 Å². The minimum Gasteiger partial charge on any atom is -0.496 e. The monoisotopic (exact) mass is 279 g/mol. The van der Waals surface area contributed by atoms with Gasteiger partial charge in [-0.25, -0.2) is 4.79 Å². The fraction of sp³-hybridized carbons (Fsp3) is 0.429. The summed E-state index contributed by atoms with van der Waals surface area (Å²) in [5.41, 5.74) is 1.46. The van der Waals surface area contributed by atoms with Crippen molar-refractivity contribution in [2.75, 3.05) is 12.4 Å². The van der Waals surface area contributed by atoms with Gasteiger partial charge in [0.2, 0.25) is 5.91 Å². The van der Waals surface area contributed by atoms with Gasteiger partial charge in [0.15, 0.2) is 0 Å². The van der Waals surface area contributed by atoms with E-state index in [1.807, 2.05) is 13.8 Å². The number of urea groups is 1. The van der Waals surface area contributed by atoms with Crippen LogP contribution in [0.1, 0.15) is 26.3 Å². The van der Waals surface area contributed by atoms with Gasteiger partial charge in [0, 0.05) is 30.8 Å². The van der Waals surface area contributed by atoms with E-state index in [9.17, 15) is 9.59 Å². The normalized spacial score (nSPS) is 10.1. The summed E-state index contributed by atoms with van der Waals surface area (Å²) in [6, 6.07) is 5.10. The summed E-state index contributed by atoms with van der Waals surface area (Å²) >= 11 is 0. The highest BCUT2D eigenvalue weighted by atomic mass is 16.5. The third-order valence-corrected chi connectivity index (χ3v) is 2.46. The molecule has 3 amide bonds. The Bertz CT molecular complexity index is 487. The number of nitrogens with one attached hydrogen (secondary N) is 3. The van der Waals surface area contributed by atoms with Crippen molar-refractivity contribution in [1.82, 2.24) is 10.6 Å². The van der Waals surface area contributed by atoms with Crippen molar-refractivity contribution in [3.63, 3.8) is 0 Å². The van der Waals surface area contributed by atoms with E-state index in [0.29, 0.717) is 18.0 Å². The van der Waals surface area contributed by atoms with Gasteiger partial charge in [0.05, 0.1) is 7.11 Å². The molecule has 6 heteroatoms. The third-order valence-electron chi connectivity index (χ3n) is 2.46. The molecule has 0 saturated carbocycles. The van der Waals surface area contributed by atoms with Crippen LogP contribution in [-0.4, -0.2) is 25.1 Å². The minimum absolute atomic E-state index is 0.0719. The van der Waals surface area contributed by atoms with E-state index in [1.54, 1.807) is 25.3 Å². The fourth-order valence-corrected chi connectivity index (χ4v) is 1.69. The van der Waals surface area contributed by atoms with Crippen molar-refractivity contribution in [1.29, 1.82) is 0 Å². The molecule has 20 heavy (non-hydrogen) atoms. The van der Waals surface area contributed by atoms with Crippen LogP contribution >= 0.6 is 0 Å². The summed E-state index contributed by atoms with van der Waals surface area (Å²) in [6.07, 6.45) is 0. The first-order valence-corrected chi connectivity index (χ1v) is 6.41. The molecule has 0 atom stereocenters. The van der Waals surface area contributed by atoms with E-state index in [-0.39, 0.29) is 18.0 Å². The number of benzene rings is 1. The van der Waals surface area contributed by atoms with E-state index in [1.165, 1.54) is 6.92 Å². The zero-order chi connectivity index (χ0) is 15.1. The first-order chi connectivity index (χ1) is 9.42. The first kappa shape index (κ1) is 15.8. The van der Waals surface area contributed by atoms with E-state index in [2.05, 4.69) is 16.0 Å². The van der Waals surface area contributed by atoms with Gasteiger partial charge in [-0.3, -0.25) is 4.79 Å². The number of carbonyl (C=O) groups is 2. The van der Waals surface area contributed by atoms with Gasteiger partial charge in [-0.2, -0.15) is 0 Å². The molecule has 0 heterocycles. The lowest BCUT2D eigenvalue weighted by Crippen LogP contribution is -2.39. The molecule has 0 aliphatic rings. The molecule has 0 spiro atoms. The van der Waals surface area contributed by atoms with Gasteiger partial charge in [-0.05, 0) is 32.0 Å². The largest absolute Gasteiger partial charge is 0.496 e. The third kappa shape index (κ3) is 5.17. The average molecular weight is 279 g/mol. The molecule has 0 fully saturated rings. The highest BCUT2D eigenvalue weighted by Gasteiger charge is 2.08. The lowest BCUT2D eigenvalue weighted by molar-refractivity contribution is -0.114. The van der Waals surface area contributed by atoms with Crippen LogP contribution in [0.3, 0.4) is 0 Å². The maximum atomic E-state index is 11.6. The summed E-state index contributed by atoms with van der Waals surface area (Å²) in [7, 11) is 1.56. The molecule has 3 N–H and O–H groups in total. The number of hydrogen-bond acceptors (Lipinski definition) is 3. The van der Waals surface area contributed by atoms with Crippen molar-refractivity contribution in [2.24, 2.45) is 0 Å². The van der Waals surface area contributed by atoms with Crippen LogP contribution < -0.4 is 20.7 Å². The number of amides is 3. The standard InChI is InChI=1S/C14H21N3O3/c1-9(2)16-14(19)15-8-11-7-12(17-10(3)18)5-6-13(11)20-4/h5-7,9H,8H2,1-4H3,(H,17,18)(H2,15,16,19). The predicted octanol–water partition coefficient (Wildman–Crippen LogP) is 1.86. The van der Waals surface area contributed by atoms with Gasteiger partial charge in [0.25, 0.3) is 0 Å². The summed E-state index contributed by atoms with van der Waals surface area (Å²) in [6.45, 7) is 5.53. The Balaban J connectivity index is 2.75. The zero-order valence-corrected chi connectivity index (χ0v) is 12.2. The van der Waals surface area contributed by atoms with Gasteiger partial charge < -0.3 is 20.7 Å². The predicted molar refractivity (Wildman–Crippen MR) is 77.8 cm³/mol. The summed E-state index contributed by atoms with van der Waals surface area (Å²) in [4.78, 5) is 22.6. The van der Waals surface area contributed by atoms with Gasteiger partial charge in [-0.1, -0.05) is 0 Å². The lowest BCUT2D eigenvalue weighted by Gasteiger charge is -2.13.